The molecule has 524 valence electrons. The van der Waals surface area contributed by atoms with E-state index in [4.69, 9.17) is 65.0 Å². The maximum absolute atomic E-state index is 12.4. The molecule has 0 aliphatic heterocycles. The topological polar surface area (TPSA) is 322 Å². The number of nitrogens with two attached hydrogens (primary N) is 1. The Labute approximate surface area is 557 Å². The predicted octanol–water partition coefficient (Wildman–Crippen LogP) is 11.7. The summed E-state index contributed by atoms with van der Waals surface area (Å²) < 4.78 is 50.7. The van der Waals surface area contributed by atoms with Crippen LogP contribution in [-0.4, -0.2) is 210 Å². The first-order valence-corrected chi connectivity index (χ1v) is 28.9. The number of rotatable bonds is 15. The van der Waals surface area contributed by atoms with E-state index in [0.29, 0.717) is 33.4 Å². The fourth-order valence-electron chi connectivity index (χ4n) is 5.55. The Morgan fingerprint density at radius 3 is 0.946 bits per heavy atom. The van der Waals surface area contributed by atoms with Gasteiger partial charge in [-0.2, -0.15) is 0 Å². The van der Waals surface area contributed by atoms with E-state index in [2.05, 4.69) is 5.32 Å². The fraction of sp³-hybridized carbons (Fsp3) is 0.623. The van der Waals surface area contributed by atoms with Crippen LogP contribution < -0.4 is 11.1 Å². The maximum atomic E-state index is 12.4. The first-order valence-electron chi connectivity index (χ1n) is 28.5. The van der Waals surface area contributed by atoms with E-state index >= 15 is 0 Å². The standard InChI is InChI=1S/C21H32N2O6.C14H25ClN2O5.C13H26N2O4.C11H16N2O2.C2HBO2.H2P.HP/c1-20(2,3)28-18(25)23(19(26)29-21(4,5)6)14-13-22(7)17(24)27-15-16-11-9-8-10-12-16;1-13(2,3)21-11(19)17(9-8-16(7)10(15)18)12(20)22-14(4,5)6;1-12(2,3)18-10(16)15(9-8-14-7)11(17)19-13(4,5)6;1-13(8-7-12)11(14)15-9-10-5-3-2-4-6-10;4-2-1-3-5;;/h8-12H,13-15H2,1-7H3;8-9H2,1-7H3;14H,8-9H2,1-7H3;2-6H,7-9,12H2,1H3;4H;1H2;1H/q;;;;;-1;-2. The molecule has 0 saturated carbocycles. The van der Waals surface area contributed by atoms with Gasteiger partial charge in [-0.05, 0) is 154 Å². The first kappa shape index (κ1) is 93.7. The van der Waals surface area contributed by atoms with E-state index in [1.54, 1.807) is 145 Å². The fourth-order valence-corrected chi connectivity index (χ4v) is 5.63. The molecule has 27 nitrogen and oxygen atoms in total. The van der Waals surface area contributed by atoms with Gasteiger partial charge in [0.1, 0.15) is 46.8 Å². The second-order valence-corrected chi connectivity index (χ2v) is 25.5. The second kappa shape index (κ2) is 46.1. The molecule has 0 atom stereocenters. The molecule has 2 aromatic rings. The molecule has 0 fully saturated rings. The number of halogens is 1. The smallest absolute Gasteiger partial charge is 0.577 e. The number of carbonyl (C=O) groups is 9. The average Bonchev–Trinajstić information content (AvgIpc) is 1.20. The number of hydrogen-bond donors (Lipinski definition) is 3. The molecule has 4 N–H and O–H groups in total. The summed E-state index contributed by atoms with van der Waals surface area (Å²) in [5, 5.41) is 9.66. The molecule has 0 saturated heterocycles. The van der Waals surface area contributed by atoms with Crippen LogP contribution >= 0.6 is 31.4 Å². The number of aliphatic hydroxyl groups excluding tert-OH is 1. The van der Waals surface area contributed by atoms with E-state index in [-0.39, 0.29) is 65.2 Å². The molecule has 0 aromatic heterocycles. The van der Waals surface area contributed by atoms with Crippen LogP contribution in [0.1, 0.15) is 136 Å². The Bertz CT molecular complexity index is 2520. The van der Waals surface area contributed by atoms with Crippen LogP contribution in [0.2, 0.25) is 0 Å². The maximum Gasteiger partial charge on any atom is -0.577 e. The largest absolute Gasteiger partial charge is 1.51 e. The molecule has 2 aromatic carbocycles. The minimum atomic E-state index is -0.836. The Balaban J connectivity index is -0.000000362. The van der Waals surface area contributed by atoms with E-state index < -0.39 is 81.6 Å². The first-order chi connectivity index (χ1) is 41.1. The van der Waals surface area contributed by atoms with Gasteiger partial charge in [0.2, 0.25) is 0 Å². The van der Waals surface area contributed by atoms with Crippen LogP contribution in [0.3, 0.4) is 0 Å². The molecule has 0 aliphatic rings. The molecule has 0 bridgehead atoms. The van der Waals surface area contributed by atoms with Crippen molar-refractivity contribution in [1.29, 1.82) is 0 Å². The molecule has 92 heavy (non-hydrogen) atoms. The van der Waals surface area contributed by atoms with Gasteiger partial charge in [0.15, 0.2) is 0 Å². The van der Waals surface area contributed by atoms with Gasteiger partial charge >= 0.3 is 83.0 Å². The Hall–Kier alpha value is -7.04. The van der Waals surface area contributed by atoms with Gasteiger partial charge in [0, 0.05) is 60.4 Å². The summed E-state index contributed by atoms with van der Waals surface area (Å²) in [5.74, 6) is 1.74. The van der Waals surface area contributed by atoms with Gasteiger partial charge in [0.05, 0.1) is 13.1 Å². The van der Waals surface area contributed by atoms with E-state index in [1.807, 2.05) is 60.7 Å². The van der Waals surface area contributed by atoms with Crippen molar-refractivity contribution in [3.05, 3.63) is 71.8 Å². The van der Waals surface area contributed by atoms with Gasteiger partial charge in [-0.15, -0.1) is 0 Å². The van der Waals surface area contributed by atoms with Gasteiger partial charge < -0.3 is 83.4 Å². The number of ether oxygens (including phenoxy) is 8. The number of benzene rings is 2. The van der Waals surface area contributed by atoms with Crippen LogP contribution in [0.4, 0.5) is 43.2 Å². The molecule has 0 unspecified atom stereocenters. The van der Waals surface area contributed by atoms with Crippen molar-refractivity contribution in [2.45, 2.75) is 171 Å². The Morgan fingerprint density at radius 1 is 0.467 bits per heavy atom. The number of imide groups is 3. The summed E-state index contributed by atoms with van der Waals surface area (Å²) in [6, 6.07) is 18.8. The van der Waals surface area contributed by atoms with Gasteiger partial charge in [0.25, 0.3) is 0 Å². The number of amides is 9. The van der Waals surface area contributed by atoms with Crippen LogP contribution in [0, 0.1) is 11.9 Å². The molecular formula is C61H103BClN8O19P2-3. The molecular weight excluding hydrogens is 1260 g/mol. The minimum Gasteiger partial charge on any atom is -1.51 e. The number of likely N-dealkylation sites (N-methyl/N-ethyl adjacent to an activating group) is 4. The molecule has 31 heteroatoms. The van der Waals surface area contributed by atoms with Crippen molar-refractivity contribution in [1.82, 2.24) is 34.7 Å². The third-order valence-corrected chi connectivity index (χ3v) is 9.80. The third kappa shape index (κ3) is 51.6. The summed E-state index contributed by atoms with van der Waals surface area (Å²) in [5.41, 5.74) is 2.78. The van der Waals surface area contributed by atoms with Crippen LogP contribution in [0.25, 0.3) is 0 Å². The molecule has 0 spiro atoms. The zero-order valence-electron chi connectivity index (χ0n) is 57.9. The van der Waals surface area contributed by atoms with Crippen LogP contribution in [0.15, 0.2) is 60.7 Å². The Morgan fingerprint density at radius 2 is 0.728 bits per heavy atom. The van der Waals surface area contributed by atoms with Crippen molar-refractivity contribution >= 4 is 92.7 Å². The summed E-state index contributed by atoms with van der Waals surface area (Å²) in [6.45, 7) is 32.8. The SMILES string of the molecule is CN(CCN(C(=O)OC(C)(C)C)C(=O)OC(C)(C)C)C(=O)Cl.CN(CCN(C(=O)OC(C)(C)C)C(=O)OC(C)(C)C)C(=O)OCc1ccccc1.CN(CCN)C(=O)OCc1ccccc1.CNCCN(C(=O)OC(C)(C)C)C(=O)OC(C)(C)C.O=BC#CO.[PH-2].[PH2-]. The summed E-state index contributed by atoms with van der Waals surface area (Å²) in [6.07, 6.45) is -4.25. The molecule has 2 rings (SSSR count). The zero-order chi connectivity index (χ0) is 70.4. The number of nitrogens with one attached hydrogen (secondary N) is 1. The van der Waals surface area contributed by atoms with Gasteiger partial charge in [-0.25, -0.2) is 53.1 Å². The van der Waals surface area contributed by atoms with E-state index in [0.717, 1.165) is 25.8 Å². The van der Waals surface area contributed by atoms with E-state index in [1.165, 1.54) is 34.9 Å². The predicted molar refractivity (Wildman–Crippen MR) is 357 cm³/mol. The number of hydrogen-bond acceptors (Lipinski definition) is 21. The molecule has 0 heterocycles. The van der Waals surface area contributed by atoms with E-state index in [9.17, 15) is 43.2 Å². The number of nitrogens with zero attached hydrogens (tertiary/aromatic N) is 6. The average molecular weight is 1360 g/mol. The van der Waals surface area contributed by atoms with Crippen molar-refractivity contribution in [2.75, 3.05) is 80.5 Å². The minimum absolute atomic E-state index is 0. The quantitative estimate of drug-likeness (QED) is 0.0372. The van der Waals surface area contributed by atoms with Crippen molar-refractivity contribution in [2.24, 2.45) is 5.73 Å². The third-order valence-electron chi connectivity index (χ3n) is 9.51. The van der Waals surface area contributed by atoms with Crippen molar-refractivity contribution in [3.63, 3.8) is 0 Å². The summed E-state index contributed by atoms with van der Waals surface area (Å²) in [4.78, 5) is 114. The van der Waals surface area contributed by atoms with Gasteiger partial charge in [-0.3, -0.25) is 4.79 Å². The normalized spacial score (nSPS) is 10.6. The van der Waals surface area contributed by atoms with Gasteiger partial charge in [-0.1, -0.05) is 60.7 Å². The Kier molecular flexibility index (Phi) is 46.9. The zero-order valence-corrected chi connectivity index (χ0v) is 60.8. The molecule has 0 aliphatic carbocycles. The second-order valence-electron chi connectivity index (χ2n) is 25.2. The monoisotopic (exact) mass is 1360 g/mol. The van der Waals surface area contributed by atoms with Crippen molar-refractivity contribution < 1.29 is 90.9 Å². The molecule has 9 amide bonds. The van der Waals surface area contributed by atoms with Crippen LogP contribution in [0.5, 0.6) is 0 Å². The molecule has 0 radical (unpaired) electrons. The van der Waals surface area contributed by atoms with Crippen LogP contribution in [-0.2, 0) is 55.8 Å². The summed E-state index contributed by atoms with van der Waals surface area (Å²) in [7, 11) is 6.70. The number of carbonyl (C=O) groups excluding carboxylic acids is 9. The summed E-state index contributed by atoms with van der Waals surface area (Å²) >= 11 is 5.32. The number of aliphatic hydroxyl groups is 1. The van der Waals surface area contributed by atoms with Crippen molar-refractivity contribution in [3.8, 4) is 11.9 Å².